The van der Waals surface area contributed by atoms with Gasteiger partial charge in [-0.1, -0.05) is 45.4 Å². The number of phosphoric acid groups is 1. The summed E-state index contributed by atoms with van der Waals surface area (Å²) in [6.45, 7) is 3.30. The van der Waals surface area contributed by atoms with Crippen molar-refractivity contribution in [2.75, 3.05) is 53.2 Å². The van der Waals surface area contributed by atoms with E-state index in [9.17, 15) is 28.7 Å². The van der Waals surface area contributed by atoms with Crippen molar-refractivity contribution in [3.63, 3.8) is 0 Å². The minimum absolute atomic E-state index is 0.0243. The van der Waals surface area contributed by atoms with Crippen molar-refractivity contribution in [1.29, 1.82) is 0 Å². The number of unbranched alkanes of at least 4 members (excludes halogenated alkanes) is 7. The van der Waals surface area contributed by atoms with Gasteiger partial charge >= 0.3 is 28.2 Å². The number of carbonyl (C=O) groups is 1. The third-order valence-corrected chi connectivity index (χ3v) is 8.17. The van der Waals surface area contributed by atoms with E-state index in [2.05, 4.69) is 17.2 Å². The van der Waals surface area contributed by atoms with Gasteiger partial charge < -0.3 is 33.6 Å². The molecule has 0 saturated carbocycles. The second-order valence-corrected chi connectivity index (χ2v) is 12.4. The van der Waals surface area contributed by atoms with Gasteiger partial charge in [-0.05, 0) is 19.3 Å². The van der Waals surface area contributed by atoms with Gasteiger partial charge in [0.25, 0.3) is 5.56 Å². The fraction of sp³-hybridized carbons (Fsp3) is 0.800. The van der Waals surface area contributed by atoms with Crippen LogP contribution in [0.25, 0.3) is 0 Å². The van der Waals surface area contributed by atoms with Gasteiger partial charge in [0.1, 0.15) is 12.8 Å². The average molecular weight is 657 g/mol. The second kappa shape index (κ2) is 21.1. The van der Waals surface area contributed by atoms with Crippen LogP contribution in [0.1, 0.15) is 70.9 Å². The molecule has 0 aliphatic carbocycles. The highest BCUT2D eigenvalue weighted by atomic mass is 31.2. The summed E-state index contributed by atoms with van der Waals surface area (Å²) in [5.74, 6) is 0. The number of alkyl carbamates (subject to hydrolysis) is 1. The average Bonchev–Trinajstić information content (AvgIpc) is 3.37. The number of aromatic nitrogens is 2. The molecule has 16 nitrogen and oxygen atoms in total. The molecule has 18 heteroatoms. The Balaban J connectivity index is 1.59. The summed E-state index contributed by atoms with van der Waals surface area (Å²) in [4.78, 5) is 58.9. The quantitative estimate of drug-likeness (QED) is 0.0991. The van der Waals surface area contributed by atoms with Crippen LogP contribution in [0.2, 0.25) is 0 Å². The van der Waals surface area contributed by atoms with Gasteiger partial charge in [-0.25, -0.2) is 14.2 Å². The molecule has 1 aromatic heterocycles. The first kappa shape index (κ1) is 37.5. The van der Waals surface area contributed by atoms with Gasteiger partial charge in [-0.15, -0.1) is 0 Å². The maximum Gasteiger partial charge on any atom is 0.472 e. The zero-order valence-electron chi connectivity index (χ0n) is 24.9. The molecule has 43 heavy (non-hydrogen) atoms. The van der Waals surface area contributed by atoms with Gasteiger partial charge in [0, 0.05) is 39.0 Å². The number of amides is 1. The predicted molar refractivity (Wildman–Crippen MR) is 157 cm³/mol. The molecular weight excluding hydrogens is 610 g/mol. The van der Waals surface area contributed by atoms with E-state index >= 15 is 0 Å². The number of nitrogens with zero attached hydrogens (tertiary/aromatic N) is 2. The maximum absolute atomic E-state index is 12.2. The van der Waals surface area contributed by atoms with E-state index in [1.165, 1.54) is 23.9 Å². The third kappa shape index (κ3) is 15.7. The number of carbonyl (C=O) groups excluding carboxylic acids is 1. The van der Waals surface area contributed by atoms with E-state index in [-0.39, 0.29) is 39.5 Å². The molecular formula is C25H46N4O12P2. The van der Waals surface area contributed by atoms with Gasteiger partial charge in [0.05, 0.1) is 19.8 Å². The van der Waals surface area contributed by atoms with Gasteiger partial charge in [0.15, 0.2) is 6.23 Å². The number of ether oxygens (including phenoxy) is 2. The SMILES string of the molecule is CCCCCCCOP(=O)(O)OCCCCCCNC(=O)OCCN1C[C@H](n2ccc(=O)[nH]c2=O)O[C@@H]1COP(O)OC. The molecule has 1 amide bonds. The van der Waals surface area contributed by atoms with Crippen molar-refractivity contribution >= 4 is 22.5 Å². The Morgan fingerprint density at radius 1 is 1.12 bits per heavy atom. The first-order valence-electron chi connectivity index (χ1n) is 14.5. The lowest BCUT2D eigenvalue weighted by atomic mass is 10.2. The molecule has 1 saturated heterocycles. The van der Waals surface area contributed by atoms with Gasteiger partial charge in [-0.2, -0.15) is 0 Å². The van der Waals surface area contributed by atoms with Crippen molar-refractivity contribution in [2.24, 2.45) is 0 Å². The van der Waals surface area contributed by atoms with E-state index in [1.54, 1.807) is 4.90 Å². The number of hydrogen-bond acceptors (Lipinski definition) is 12. The van der Waals surface area contributed by atoms with Crippen molar-refractivity contribution in [3.8, 4) is 0 Å². The third-order valence-electron chi connectivity index (χ3n) is 6.47. The lowest BCUT2D eigenvalue weighted by Gasteiger charge is -2.22. The zero-order valence-corrected chi connectivity index (χ0v) is 26.7. The predicted octanol–water partition coefficient (Wildman–Crippen LogP) is 2.97. The summed E-state index contributed by atoms with van der Waals surface area (Å²) in [5, 5.41) is 2.67. The summed E-state index contributed by atoms with van der Waals surface area (Å²) in [6.07, 6.45) is 7.21. The zero-order chi connectivity index (χ0) is 31.5. The number of hydrogen-bond donors (Lipinski definition) is 4. The Labute approximate surface area is 252 Å². The molecule has 0 spiro atoms. The highest BCUT2D eigenvalue weighted by Gasteiger charge is 2.35. The molecule has 2 heterocycles. The number of H-pyrrole nitrogens is 1. The summed E-state index contributed by atoms with van der Waals surface area (Å²) in [5.41, 5.74) is -1.16. The Morgan fingerprint density at radius 2 is 1.79 bits per heavy atom. The number of nitrogens with one attached hydrogen (secondary N) is 2. The first-order chi connectivity index (χ1) is 20.6. The molecule has 2 unspecified atom stereocenters. The molecule has 4 N–H and O–H groups in total. The summed E-state index contributed by atoms with van der Waals surface area (Å²) in [7, 11) is -4.81. The van der Waals surface area contributed by atoms with E-state index in [4.69, 9.17) is 27.6 Å². The van der Waals surface area contributed by atoms with Crippen LogP contribution in [0.3, 0.4) is 0 Å². The van der Waals surface area contributed by atoms with Crippen molar-refractivity contribution in [1.82, 2.24) is 19.8 Å². The molecule has 1 aliphatic rings. The summed E-state index contributed by atoms with van der Waals surface area (Å²) >= 11 is 0. The minimum atomic E-state index is -4.01. The number of aromatic amines is 1. The van der Waals surface area contributed by atoms with Gasteiger partial charge in [-0.3, -0.25) is 28.3 Å². The Morgan fingerprint density at radius 3 is 2.44 bits per heavy atom. The largest absolute Gasteiger partial charge is 0.472 e. The first-order valence-corrected chi connectivity index (χ1v) is 17.2. The molecule has 1 aromatic rings. The maximum atomic E-state index is 12.2. The standard InChI is InChI=1S/C25H46N4O12P2/c1-3-4-5-7-10-16-39-43(34,35)40-17-11-8-6-9-13-26-25(32)37-18-15-28-19-22(29-14-12-21(30)27-24(29)31)41-23(28)20-38-42(33)36-2/h12,14,22-23,33H,3-11,13,15-20H2,1-2H3,(H,26,32)(H,34,35)(H,27,30,31)/t22-,23-,42?/m1/s1. The molecule has 0 aromatic carbocycles. The van der Waals surface area contributed by atoms with Crippen molar-refractivity contribution < 1.29 is 46.7 Å². The van der Waals surface area contributed by atoms with E-state index in [1.807, 2.05) is 0 Å². The highest BCUT2D eigenvalue weighted by Crippen LogP contribution is 2.43. The molecule has 4 atom stereocenters. The Bertz CT molecular complexity index is 1090. The second-order valence-electron chi connectivity index (χ2n) is 9.80. The minimum Gasteiger partial charge on any atom is -0.448 e. The van der Waals surface area contributed by atoms with Crippen LogP contribution < -0.4 is 16.6 Å². The molecule has 2 rings (SSSR count). The highest BCUT2D eigenvalue weighted by molar-refractivity contribution is 7.47. The van der Waals surface area contributed by atoms with Crippen LogP contribution in [-0.2, 0) is 32.1 Å². The van der Waals surface area contributed by atoms with Crippen LogP contribution in [0.15, 0.2) is 21.9 Å². The molecule has 248 valence electrons. The molecule has 1 fully saturated rings. The summed E-state index contributed by atoms with van der Waals surface area (Å²) in [6, 6.07) is 1.21. The Kier molecular flexibility index (Phi) is 18.4. The lowest BCUT2D eigenvalue weighted by molar-refractivity contribution is -0.0555. The molecule has 0 bridgehead atoms. The van der Waals surface area contributed by atoms with Gasteiger partial charge in [0.2, 0.25) is 0 Å². The fourth-order valence-corrected chi connectivity index (χ4v) is 5.33. The smallest absolute Gasteiger partial charge is 0.448 e. The topological polar surface area (TPSA) is 200 Å². The van der Waals surface area contributed by atoms with Crippen molar-refractivity contribution in [3.05, 3.63) is 33.1 Å². The van der Waals surface area contributed by atoms with E-state index < -0.39 is 46.2 Å². The molecule has 1 aliphatic heterocycles. The number of rotatable bonds is 23. The monoisotopic (exact) mass is 656 g/mol. The van der Waals surface area contributed by atoms with Crippen LogP contribution in [0.4, 0.5) is 4.79 Å². The molecule has 0 radical (unpaired) electrons. The van der Waals surface area contributed by atoms with E-state index in [0.29, 0.717) is 19.4 Å². The van der Waals surface area contributed by atoms with Crippen LogP contribution in [0.5, 0.6) is 0 Å². The summed E-state index contributed by atoms with van der Waals surface area (Å²) < 4.78 is 44.2. The fourth-order valence-electron chi connectivity index (χ4n) is 4.18. The van der Waals surface area contributed by atoms with Crippen molar-refractivity contribution in [2.45, 2.75) is 77.2 Å². The number of phosphoric ester groups is 1. The lowest BCUT2D eigenvalue weighted by Crippen LogP contribution is -2.37. The van der Waals surface area contributed by atoms with Crippen LogP contribution in [-0.4, -0.2) is 89.7 Å². The Hall–Kier alpha value is -1.71. The van der Waals surface area contributed by atoms with Crippen LogP contribution in [0, 0.1) is 0 Å². The van der Waals surface area contributed by atoms with Crippen LogP contribution >= 0.6 is 16.4 Å². The van der Waals surface area contributed by atoms with E-state index in [0.717, 1.165) is 44.9 Å². The normalized spacial score (nSPS) is 19.3.